The van der Waals surface area contributed by atoms with Crippen molar-refractivity contribution in [3.63, 3.8) is 0 Å². The predicted octanol–water partition coefficient (Wildman–Crippen LogP) is 6.82. The lowest BCUT2D eigenvalue weighted by Gasteiger charge is -2.35. The SMILES string of the molecule is COC(=O)NC(C(=O)N1[C@@H]2C[C@@H]2C[C@H]1c1ncc(-c2cccc3c(-c4ccc(-c5cnc([C@@H]6C[C@H]7C[C@H]7N6C(=O)C(NC(=O)O)C6CCOCC6)[nH]5)cc4)cccc23)[nH]1)C1CCOCC1. The number of likely N-dealkylation sites (tertiary alicyclic amines) is 2. The standard InChI is InChI=1S/C49H54N8O8/c1-63-49(62)55-43(29-14-18-65-19-15-29)47(59)57-39-21-31(39)23-41(57)45-51-25-37(53-45)35-7-3-5-33-32(4-2-6-34(33)35)26-8-10-27(11-9-26)36-24-50-44(52-36)40-22-30-20-38(30)56(40)46(58)42(54-48(60)61)28-12-16-64-17-13-28/h2-11,24-25,28-31,38-43,54H,12-23H2,1H3,(H,50,52)(H,51,53)(H,55,62)(H,60,61)/t30-,31-,38-,39-,40+,41+,42?,43?/m1/s1. The number of fused-ring (bicyclic) bond motifs is 3. The first-order valence-electron chi connectivity index (χ1n) is 23.1. The molecule has 2 aromatic heterocycles. The van der Waals surface area contributed by atoms with E-state index in [4.69, 9.17) is 24.2 Å². The van der Waals surface area contributed by atoms with Gasteiger partial charge >= 0.3 is 12.2 Å². The highest BCUT2D eigenvalue weighted by Crippen LogP contribution is 2.55. The van der Waals surface area contributed by atoms with Gasteiger partial charge in [-0.1, -0.05) is 60.7 Å². The van der Waals surface area contributed by atoms with Gasteiger partial charge in [-0.3, -0.25) is 9.59 Å². The predicted molar refractivity (Wildman–Crippen MR) is 238 cm³/mol. The van der Waals surface area contributed by atoms with Crippen molar-refractivity contribution < 1.29 is 38.5 Å². The summed E-state index contributed by atoms with van der Waals surface area (Å²) < 4.78 is 16.0. The van der Waals surface area contributed by atoms with E-state index >= 15 is 0 Å². The number of benzene rings is 3. The third-order valence-electron chi connectivity index (χ3n) is 15.0. The Labute approximate surface area is 375 Å². The number of methoxy groups -OCH3 is 1. The first-order valence-corrected chi connectivity index (χ1v) is 23.1. The Morgan fingerprint density at radius 2 is 1.15 bits per heavy atom. The summed E-state index contributed by atoms with van der Waals surface area (Å²) in [4.78, 5) is 73.4. The number of aromatic nitrogens is 4. The van der Waals surface area contributed by atoms with Gasteiger partial charge in [0.1, 0.15) is 23.7 Å². The van der Waals surface area contributed by atoms with Gasteiger partial charge in [-0.05, 0) is 103 Å². The van der Waals surface area contributed by atoms with Crippen molar-refractivity contribution in [2.45, 2.75) is 87.6 Å². The van der Waals surface area contributed by atoms with Gasteiger partial charge in [0.25, 0.3) is 0 Å². The number of carbonyl (C=O) groups excluding carboxylic acids is 3. The molecule has 2 saturated carbocycles. The summed E-state index contributed by atoms with van der Waals surface area (Å²) in [6.45, 7) is 2.15. The van der Waals surface area contributed by atoms with Gasteiger partial charge in [0.2, 0.25) is 11.8 Å². The average molecular weight is 883 g/mol. The lowest BCUT2D eigenvalue weighted by Crippen LogP contribution is -2.54. The fourth-order valence-electron chi connectivity index (χ4n) is 11.5. The summed E-state index contributed by atoms with van der Waals surface area (Å²) in [6.07, 6.45) is 8.05. The average Bonchev–Trinajstić information content (AvgIpc) is 3.92. The minimum absolute atomic E-state index is 0.0368. The maximum absolute atomic E-state index is 14.4. The molecule has 6 aliphatic rings. The second kappa shape index (κ2) is 16.9. The van der Waals surface area contributed by atoms with Crippen LogP contribution in [-0.4, -0.2) is 117 Å². The molecule has 338 valence electrons. The molecule has 6 fully saturated rings. The van der Waals surface area contributed by atoms with Crippen molar-refractivity contribution in [1.29, 1.82) is 0 Å². The Bertz CT molecular complexity index is 2620. The number of aromatic amines is 2. The van der Waals surface area contributed by atoms with Crippen LogP contribution in [0, 0.1) is 23.7 Å². The van der Waals surface area contributed by atoms with E-state index in [0.717, 1.165) is 75.9 Å². The molecule has 6 heterocycles. The third kappa shape index (κ3) is 7.79. The van der Waals surface area contributed by atoms with E-state index in [-0.39, 0.29) is 47.8 Å². The fraction of sp³-hybridized carbons (Fsp3) is 0.469. The van der Waals surface area contributed by atoms with E-state index in [2.05, 4.69) is 81.3 Å². The molecule has 0 bridgehead atoms. The molecule has 4 aliphatic heterocycles. The number of nitrogens with one attached hydrogen (secondary N) is 4. The normalized spacial score (nSPS) is 26.0. The lowest BCUT2D eigenvalue weighted by atomic mass is 9.90. The Morgan fingerprint density at radius 1 is 0.662 bits per heavy atom. The molecule has 16 heteroatoms. The van der Waals surface area contributed by atoms with Crippen molar-refractivity contribution in [2.24, 2.45) is 23.7 Å². The topological polar surface area (TPSA) is 204 Å². The first kappa shape index (κ1) is 41.4. The second-order valence-electron chi connectivity index (χ2n) is 18.7. The minimum atomic E-state index is -1.19. The molecule has 3 aromatic carbocycles. The highest BCUT2D eigenvalue weighted by molar-refractivity contribution is 6.04. The van der Waals surface area contributed by atoms with Crippen LogP contribution in [0.25, 0.3) is 44.4 Å². The number of hydrogen-bond donors (Lipinski definition) is 5. The van der Waals surface area contributed by atoms with Crippen LogP contribution in [0.5, 0.6) is 0 Å². The number of piperidine rings is 2. The molecule has 4 amide bonds. The van der Waals surface area contributed by atoms with E-state index in [1.165, 1.54) is 7.11 Å². The molecule has 65 heavy (non-hydrogen) atoms. The number of ether oxygens (including phenoxy) is 3. The van der Waals surface area contributed by atoms with Crippen LogP contribution in [0.15, 0.2) is 73.1 Å². The number of amides is 4. The van der Waals surface area contributed by atoms with Crippen molar-refractivity contribution in [2.75, 3.05) is 33.5 Å². The summed E-state index contributed by atoms with van der Waals surface area (Å²) in [5.74, 6) is 1.87. The number of H-pyrrole nitrogens is 2. The van der Waals surface area contributed by atoms with E-state index < -0.39 is 24.3 Å². The molecular formula is C49H54N8O8. The van der Waals surface area contributed by atoms with E-state index in [1.807, 2.05) is 22.2 Å². The monoisotopic (exact) mass is 882 g/mol. The maximum Gasteiger partial charge on any atom is 0.407 e. The first-order chi connectivity index (χ1) is 31.7. The van der Waals surface area contributed by atoms with Crippen LogP contribution in [0.3, 0.4) is 0 Å². The van der Waals surface area contributed by atoms with E-state index in [9.17, 15) is 24.3 Å². The Balaban J connectivity index is 0.816. The fourth-order valence-corrected chi connectivity index (χ4v) is 11.5. The van der Waals surface area contributed by atoms with Gasteiger partial charge in [0.05, 0.1) is 43.0 Å². The highest BCUT2D eigenvalue weighted by Gasteiger charge is 2.58. The largest absolute Gasteiger partial charge is 0.465 e. The van der Waals surface area contributed by atoms with Crippen molar-refractivity contribution in [1.82, 2.24) is 40.4 Å². The number of carbonyl (C=O) groups is 4. The molecule has 4 saturated heterocycles. The smallest absolute Gasteiger partial charge is 0.407 e. The van der Waals surface area contributed by atoms with Gasteiger partial charge in [-0.15, -0.1) is 0 Å². The molecule has 8 atom stereocenters. The maximum atomic E-state index is 14.4. The number of nitrogens with zero attached hydrogens (tertiary/aromatic N) is 4. The van der Waals surface area contributed by atoms with E-state index in [1.54, 1.807) is 0 Å². The van der Waals surface area contributed by atoms with Gasteiger partial charge < -0.3 is 49.7 Å². The molecule has 11 rings (SSSR count). The van der Waals surface area contributed by atoms with Crippen LogP contribution in [0.2, 0.25) is 0 Å². The van der Waals surface area contributed by atoms with E-state index in [0.29, 0.717) is 69.8 Å². The summed E-state index contributed by atoms with van der Waals surface area (Å²) in [7, 11) is 1.32. The molecule has 2 aliphatic carbocycles. The second-order valence-corrected chi connectivity index (χ2v) is 18.7. The lowest BCUT2D eigenvalue weighted by molar-refractivity contribution is -0.138. The summed E-state index contributed by atoms with van der Waals surface area (Å²) in [5, 5.41) is 17.2. The summed E-state index contributed by atoms with van der Waals surface area (Å²) >= 11 is 0. The van der Waals surface area contributed by atoms with Crippen molar-refractivity contribution >= 4 is 34.8 Å². The van der Waals surface area contributed by atoms with Crippen LogP contribution in [-0.2, 0) is 23.8 Å². The molecule has 5 aromatic rings. The zero-order chi connectivity index (χ0) is 44.3. The summed E-state index contributed by atoms with van der Waals surface area (Å²) in [5.41, 5.74) is 5.82. The Morgan fingerprint density at radius 3 is 1.71 bits per heavy atom. The zero-order valence-electron chi connectivity index (χ0n) is 36.3. The van der Waals surface area contributed by atoms with Crippen molar-refractivity contribution in [3.8, 4) is 33.6 Å². The van der Waals surface area contributed by atoms with Gasteiger partial charge in [0, 0.05) is 44.1 Å². The zero-order valence-corrected chi connectivity index (χ0v) is 36.3. The number of imidazole rings is 2. The van der Waals surface area contributed by atoms with Gasteiger partial charge in [0.15, 0.2) is 0 Å². The third-order valence-corrected chi connectivity index (χ3v) is 15.0. The van der Waals surface area contributed by atoms with Crippen molar-refractivity contribution in [3.05, 3.63) is 84.7 Å². The number of hydrogen-bond acceptors (Lipinski definition) is 9. The number of alkyl carbamates (subject to hydrolysis) is 1. The summed E-state index contributed by atoms with van der Waals surface area (Å²) in [6, 6.07) is 19.3. The molecule has 0 spiro atoms. The molecule has 0 radical (unpaired) electrons. The Hall–Kier alpha value is -6.26. The number of rotatable bonds is 11. The van der Waals surface area contributed by atoms with Gasteiger partial charge in [-0.2, -0.15) is 0 Å². The van der Waals surface area contributed by atoms with Crippen LogP contribution in [0.1, 0.15) is 75.1 Å². The van der Waals surface area contributed by atoms with Crippen LogP contribution in [0.4, 0.5) is 9.59 Å². The molecular weight excluding hydrogens is 829 g/mol. The van der Waals surface area contributed by atoms with Gasteiger partial charge in [-0.25, -0.2) is 19.6 Å². The molecule has 16 nitrogen and oxygen atoms in total. The van der Waals surface area contributed by atoms with Crippen LogP contribution >= 0.6 is 0 Å². The number of carboxylic acid groups (broad SMARTS) is 1. The molecule has 2 unspecified atom stereocenters. The quantitative estimate of drug-likeness (QED) is 0.0936. The highest BCUT2D eigenvalue weighted by atomic mass is 16.5. The van der Waals surface area contributed by atoms with Crippen LogP contribution < -0.4 is 10.6 Å². The minimum Gasteiger partial charge on any atom is -0.465 e. The molecule has 5 N–H and O–H groups in total. The Kier molecular flexibility index (Phi) is 10.8.